The van der Waals surface area contributed by atoms with Gasteiger partial charge in [0.2, 0.25) is 0 Å². The SMILES string of the molecule is CC(C)(C)SCC(CC1CCC1)NN. The zero-order valence-corrected chi connectivity index (χ0v) is 10.5. The first kappa shape index (κ1) is 12.3. The summed E-state index contributed by atoms with van der Waals surface area (Å²) in [5.74, 6) is 7.64. The van der Waals surface area contributed by atoms with Gasteiger partial charge in [-0.25, -0.2) is 0 Å². The molecule has 14 heavy (non-hydrogen) atoms. The van der Waals surface area contributed by atoms with Gasteiger partial charge in [0.05, 0.1) is 0 Å². The van der Waals surface area contributed by atoms with Gasteiger partial charge in [0.15, 0.2) is 0 Å². The van der Waals surface area contributed by atoms with Gasteiger partial charge in [-0.1, -0.05) is 40.0 Å². The Balaban J connectivity index is 2.17. The molecule has 1 aliphatic rings. The third-order valence-corrected chi connectivity index (χ3v) is 4.23. The first-order valence-corrected chi connectivity index (χ1v) is 6.60. The first-order valence-electron chi connectivity index (χ1n) is 5.61. The number of hydrogen-bond donors (Lipinski definition) is 2. The molecule has 3 N–H and O–H groups in total. The van der Waals surface area contributed by atoms with E-state index >= 15 is 0 Å². The van der Waals surface area contributed by atoms with Gasteiger partial charge in [-0.15, -0.1) is 0 Å². The van der Waals surface area contributed by atoms with Gasteiger partial charge in [0.25, 0.3) is 0 Å². The minimum absolute atomic E-state index is 0.356. The number of nitrogens with two attached hydrogens (primary N) is 1. The van der Waals surface area contributed by atoms with Crippen LogP contribution in [0.5, 0.6) is 0 Å². The second kappa shape index (κ2) is 5.38. The highest BCUT2D eigenvalue weighted by Gasteiger charge is 2.22. The lowest BCUT2D eigenvalue weighted by Gasteiger charge is -2.30. The monoisotopic (exact) mass is 216 g/mol. The van der Waals surface area contributed by atoms with E-state index < -0.39 is 0 Å². The van der Waals surface area contributed by atoms with Gasteiger partial charge in [0.1, 0.15) is 0 Å². The summed E-state index contributed by atoms with van der Waals surface area (Å²) in [4.78, 5) is 0. The van der Waals surface area contributed by atoms with Crippen molar-refractivity contribution >= 4 is 11.8 Å². The Morgan fingerprint density at radius 2 is 2.07 bits per heavy atom. The fourth-order valence-corrected chi connectivity index (χ4v) is 2.60. The van der Waals surface area contributed by atoms with Crippen molar-refractivity contribution in [3.05, 3.63) is 0 Å². The van der Waals surface area contributed by atoms with Crippen LogP contribution in [0.2, 0.25) is 0 Å². The zero-order chi connectivity index (χ0) is 10.6. The average molecular weight is 216 g/mol. The number of thioether (sulfide) groups is 1. The Kier molecular flexibility index (Phi) is 4.74. The van der Waals surface area contributed by atoms with Crippen LogP contribution in [0.15, 0.2) is 0 Å². The molecule has 0 aromatic carbocycles. The molecule has 3 heteroatoms. The van der Waals surface area contributed by atoms with Crippen LogP contribution < -0.4 is 11.3 Å². The molecular formula is C11H24N2S. The summed E-state index contributed by atoms with van der Waals surface area (Å²) in [7, 11) is 0. The van der Waals surface area contributed by atoms with E-state index in [9.17, 15) is 0 Å². The molecule has 0 radical (unpaired) electrons. The normalized spacial score (nSPS) is 20.6. The van der Waals surface area contributed by atoms with Crippen molar-refractivity contribution in [2.75, 3.05) is 5.75 Å². The Morgan fingerprint density at radius 1 is 1.43 bits per heavy atom. The lowest BCUT2D eigenvalue weighted by Crippen LogP contribution is -2.40. The molecule has 0 spiro atoms. The second-order valence-electron chi connectivity index (χ2n) is 5.32. The molecule has 1 fully saturated rings. The molecule has 84 valence electrons. The van der Waals surface area contributed by atoms with E-state index in [1.807, 2.05) is 11.8 Å². The van der Waals surface area contributed by atoms with Crippen molar-refractivity contribution in [1.82, 2.24) is 5.43 Å². The molecule has 1 rings (SSSR count). The summed E-state index contributed by atoms with van der Waals surface area (Å²) < 4.78 is 0.356. The van der Waals surface area contributed by atoms with E-state index in [-0.39, 0.29) is 0 Å². The predicted octanol–water partition coefficient (Wildman–Crippen LogP) is 2.54. The maximum atomic E-state index is 5.57. The van der Waals surface area contributed by atoms with E-state index in [0.29, 0.717) is 10.8 Å². The fourth-order valence-electron chi connectivity index (χ4n) is 1.67. The molecule has 0 aromatic heterocycles. The highest BCUT2D eigenvalue weighted by Crippen LogP contribution is 2.32. The topological polar surface area (TPSA) is 38.0 Å². The minimum Gasteiger partial charge on any atom is -0.271 e. The van der Waals surface area contributed by atoms with Gasteiger partial charge >= 0.3 is 0 Å². The number of hydrogen-bond acceptors (Lipinski definition) is 3. The van der Waals surface area contributed by atoms with Gasteiger partial charge in [0, 0.05) is 16.5 Å². The van der Waals surface area contributed by atoms with Crippen LogP contribution in [-0.2, 0) is 0 Å². The van der Waals surface area contributed by atoms with E-state index in [1.54, 1.807) is 0 Å². The van der Waals surface area contributed by atoms with E-state index in [0.717, 1.165) is 11.7 Å². The molecule has 2 nitrogen and oxygen atoms in total. The Labute approximate surface area is 92.4 Å². The second-order valence-corrected chi connectivity index (χ2v) is 7.17. The van der Waals surface area contributed by atoms with Crippen molar-refractivity contribution in [2.45, 2.75) is 57.2 Å². The van der Waals surface area contributed by atoms with Crippen molar-refractivity contribution in [3.63, 3.8) is 0 Å². The molecule has 1 atom stereocenters. The number of hydrazine groups is 1. The smallest absolute Gasteiger partial charge is 0.0303 e. The summed E-state index contributed by atoms with van der Waals surface area (Å²) >= 11 is 2.00. The van der Waals surface area contributed by atoms with E-state index in [1.165, 1.54) is 25.7 Å². The van der Waals surface area contributed by atoms with Gasteiger partial charge in [-0.05, 0) is 12.3 Å². The van der Waals surface area contributed by atoms with Crippen LogP contribution in [0.3, 0.4) is 0 Å². The standard InChI is InChI=1S/C11H24N2S/c1-11(2,3)14-8-10(13-12)7-9-5-4-6-9/h9-10,13H,4-8,12H2,1-3H3. The molecule has 0 aliphatic heterocycles. The maximum absolute atomic E-state index is 5.57. The van der Waals surface area contributed by atoms with Gasteiger partial charge < -0.3 is 0 Å². The van der Waals surface area contributed by atoms with Crippen LogP contribution in [-0.4, -0.2) is 16.5 Å². The summed E-state index contributed by atoms with van der Waals surface area (Å²) in [6, 6.07) is 0.504. The van der Waals surface area contributed by atoms with Crippen molar-refractivity contribution in [3.8, 4) is 0 Å². The average Bonchev–Trinajstić information content (AvgIpc) is 2.00. The van der Waals surface area contributed by atoms with Gasteiger partial charge in [-0.3, -0.25) is 11.3 Å². The van der Waals surface area contributed by atoms with Crippen LogP contribution in [0.4, 0.5) is 0 Å². The molecule has 0 heterocycles. The molecule has 1 aliphatic carbocycles. The van der Waals surface area contributed by atoms with E-state index in [2.05, 4.69) is 26.2 Å². The highest BCUT2D eigenvalue weighted by molar-refractivity contribution is 8.00. The van der Waals surface area contributed by atoms with Crippen LogP contribution >= 0.6 is 11.8 Å². The summed E-state index contributed by atoms with van der Waals surface area (Å²) in [6.07, 6.45) is 5.52. The zero-order valence-electron chi connectivity index (χ0n) is 9.68. The molecule has 1 saturated carbocycles. The van der Waals surface area contributed by atoms with Crippen molar-refractivity contribution < 1.29 is 0 Å². The summed E-state index contributed by atoms with van der Waals surface area (Å²) in [5, 5.41) is 0. The summed E-state index contributed by atoms with van der Waals surface area (Å²) in [6.45, 7) is 6.78. The lowest BCUT2D eigenvalue weighted by molar-refractivity contribution is 0.268. The molecule has 0 bridgehead atoms. The number of nitrogens with one attached hydrogen (secondary N) is 1. The van der Waals surface area contributed by atoms with Crippen molar-refractivity contribution in [1.29, 1.82) is 0 Å². The third-order valence-electron chi connectivity index (χ3n) is 2.80. The quantitative estimate of drug-likeness (QED) is 0.548. The maximum Gasteiger partial charge on any atom is 0.0303 e. The summed E-state index contributed by atoms with van der Waals surface area (Å²) in [5.41, 5.74) is 2.95. The fraction of sp³-hybridized carbons (Fsp3) is 1.00. The Morgan fingerprint density at radius 3 is 2.43 bits per heavy atom. The minimum atomic E-state index is 0.356. The van der Waals surface area contributed by atoms with E-state index in [4.69, 9.17) is 5.84 Å². The predicted molar refractivity (Wildman–Crippen MR) is 65.3 cm³/mol. The molecule has 0 aromatic rings. The molecule has 0 saturated heterocycles. The molecule has 1 unspecified atom stereocenters. The largest absolute Gasteiger partial charge is 0.271 e. The Hall–Kier alpha value is 0.270. The molecular weight excluding hydrogens is 192 g/mol. The highest BCUT2D eigenvalue weighted by atomic mass is 32.2. The van der Waals surface area contributed by atoms with Gasteiger partial charge in [-0.2, -0.15) is 11.8 Å². The van der Waals surface area contributed by atoms with Crippen molar-refractivity contribution in [2.24, 2.45) is 11.8 Å². The third kappa shape index (κ3) is 4.67. The molecule has 0 amide bonds. The van der Waals surface area contributed by atoms with Crippen LogP contribution in [0.1, 0.15) is 46.5 Å². The van der Waals surface area contributed by atoms with Crippen LogP contribution in [0.25, 0.3) is 0 Å². The lowest BCUT2D eigenvalue weighted by atomic mass is 9.81. The Bertz CT molecular complexity index is 161. The number of rotatable bonds is 5. The van der Waals surface area contributed by atoms with Crippen LogP contribution in [0, 0.1) is 5.92 Å². The first-order chi connectivity index (χ1) is 6.51.